The average molecular weight is 328 g/mol. The maximum absolute atomic E-state index is 13.3. The molecule has 3 nitrogen and oxygen atoms in total. The number of likely N-dealkylation sites (N-methyl/N-ethyl adjacent to an activating group) is 1. The van der Waals surface area contributed by atoms with Gasteiger partial charge in [-0.25, -0.2) is 13.8 Å². The number of hydrogen-bond donors (Lipinski definition) is 0. The van der Waals surface area contributed by atoms with Crippen LogP contribution >= 0.6 is 0 Å². The summed E-state index contributed by atoms with van der Waals surface area (Å²) in [4.78, 5) is 17.7. The van der Waals surface area contributed by atoms with E-state index in [4.69, 9.17) is 0 Å². The van der Waals surface area contributed by atoms with Crippen LogP contribution in [0.25, 0.3) is 0 Å². The fraction of sp³-hybridized carbons (Fsp3) is 0.158. The number of aliphatic imine (C=N–C) groups is 1. The van der Waals surface area contributed by atoms with Gasteiger partial charge in [-0.1, -0.05) is 30.4 Å². The Morgan fingerprint density at radius 1 is 1.17 bits per heavy atom. The molecule has 0 aromatic heterocycles. The van der Waals surface area contributed by atoms with Crippen LogP contribution in [0.15, 0.2) is 59.6 Å². The average Bonchev–Trinajstić information content (AvgIpc) is 2.60. The van der Waals surface area contributed by atoms with Gasteiger partial charge in [-0.15, -0.1) is 0 Å². The molecular formula is C19H18F2N2O. The van der Waals surface area contributed by atoms with E-state index in [1.807, 2.05) is 43.2 Å². The summed E-state index contributed by atoms with van der Waals surface area (Å²) >= 11 is 0. The third-order valence-corrected chi connectivity index (χ3v) is 3.47. The van der Waals surface area contributed by atoms with Crippen molar-refractivity contribution >= 4 is 23.4 Å². The second-order valence-corrected chi connectivity index (χ2v) is 5.18. The fourth-order valence-corrected chi connectivity index (χ4v) is 2.23. The van der Waals surface area contributed by atoms with Gasteiger partial charge in [-0.2, -0.15) is 0 Å². The molecule has 0 atom stereocenters. The number of halogens is 2. The van der Waals surface area contributed by atoms with E-state index in [2.05, 4.69) is 4.99 Å². The smallest absolute Gasteiger partial charge is 0.169 e. The normalized spacial score (nSPS) is 11.8. The third kappa shape index (κ3) is 4.13. The van der Waals surface area contributed by atoms with Crippen LogP contribution in [0.2, 0.25) is 0 Å². The molecule has 0 bridgehead atoms. The van der Waals surface area contributed by atoms with E-state index >= 15 is 0 Å². The summed E-state index contributed by atoms with van der Waals surface area (Å²) in [6, 6.07) is 10.6. The predicted molar refractivity (Wildman–Crippen MR) is 93.1 cm³/mol. The predicted octanol–water partition coefficient (Wildman–Crippen LogP) is 4.30. The Bertz CT molecular complexity index is 785. The lowest BCUT2D eigenvalue weighted by atomic mass is 10.1. The molecular weight excluding hydrogens is 310 g/mol. The van der Waals surface area contributed by atoms with Crippen molar-refractivity contribution in [2.24, 2.45) is 4.99 Å². The number of carbonyl (C=O) groups is 1. The molecule has 2 rings (SSSR count). The Morgan fingerprint density at radius 2 is 1.92 bits per heavy atom. The zero-order valence-electron chi connectivity index (χ0n) is 13.5. The molecule has 0 saturated carbocycles. The molecule has 0 aliphatic carbocycles. The van der Waals surface area contributed by atoms with Crippen LogP contribution in [0.1, 0.15) is 12.5 Å². The number of para-hydroxylation sites is 1. The van der Waals surface area contributed by atoms with Crippen LogP contribution < -0.4 is 4.90 Å². The summed E-state index contributed by atoms with van der Waals surface area (Å²) in [5.41, 5.74) is 1.79. The molecule has 0 saturated heterocycles. The summed E-state index contributed by atoms with van der Waals surface area (Å²) in [5.74, 6) is -1.95. The number of carbonyl (C=O) groups excluding carboxylic acids is 1. The zero-order valence-corrected chi connectivity index (χ0v) is 13.5. The van der Waals surface area contributed by atoms with Gasteiger partial charge >= 0.3 is 0 Å². The van der Waals surface area contributed by atoms with Crippen LogP contribution in [0.5, 0.6) is 0 Å². The van der Waals surface area contributed by atoms with Crippen LogP contribution in [-0.4, -0.2) is 25.6 Å². The second-order valence-electron chi connectivity index (χ2n) is 5.18. The van der Waals surface area contributed by atoms with Gasteiger partial charge in [0.2, 0.25) is 0 Å². The van der Waals surface area contributed by atoms with E-state index in [-0.39, 0.29) is 11.4 Å². The van der Waals surface area contributed by atoms with E-state index in [1.165, 1.54) is 6.07 Å². The molecule has 0 aliphatic rings. The Balaban J connectivity index is 2.45. The summed E-state index contributed by atoms with van der Waals surface area (Å²) in [5, 5.41) is 0. The highest BCUT2D eigenvalue weighted by Gasteiger charge is 2.12. The first kappa shape index (κ1) is 17.5. The SMILES string of the molecule is C/C=C\CN(C)c1ccccc1C(C=O)=Nc1ccc(F)c(F)c1. The lowest BCUT2D eigenvalue weighted by Crippen LogP contribution is -2.20. The number of hydrogen-bond acceptors (Lipinski definition) is 3. The summed E-state index contributed by atoms with van der Waals surface area (Å²) < 4.78 is 26.4. The second kappa shape index (κ2) is 8.15. The van der Waals surface area contributed by atoms with E-state index in [0.717, 1.165) is 17.8 Å². The van der Waals surface area contributed by atoms with E-state index in [1.54, 1.807) is 12.1 Å². The number of nitrogens with zero attached hydrogens (tertiary/aromatic N) is 2. The van der Waals surface area contributed by atoms with Crippen molar-refractivity contribution < 1.29 is 13.6 Å². The van der Waals surface area contributed by atoms with Crippen molar-refractivity contribution in [1.29, 1.82) is 0 Å². The maximum Gasteiger partial charge on any atom is 0.169 e. The lowest BCUT2D eigenvalue weighted by Gasteiger charge is -2.20. The molecule has 0 spiro atoms. The molecule has 0 amide bonds. The minimum Gasteiger partial charge on any atom is -0.370 e. The third-order valence-electron chi connectivity index (χ3n) is 3.47. The van der Waals surface area contributed by atoms with Gasteiger partial charge in [0, 0.05) is 30.9 Å². The van der Waals surface area contributed by atoms with E-state index in [0.29, 0.717) is 18.4 Å². The number of rotatable bonds is 6. The van der Waals surface area contributed by atoms with Crippen molar-refractivity contribution in [3.05, 3.63) is 71.8 Å². The van der Waals surface area contributed by atoms with Gasteiger partial charge in [0.15, 0.2) is 17.9 Å². The van der Waals surface area contributed by atoms with Gasteiger partial charge in [0.1, 0.15) is 5.71 Å². The first-order valence-electron chi connectivity index (χ1n) is 7.47. The molecule has 0 unspecified atom stereocenters. The number of benzene rings is 2. The molecule has 2 aromatic rings. The number of aldehydes is 1. The van der Waals surface area contributed by atoms with Crippen molar-refractivity contribution in [2.45, 2.75) is 6.92 Å². The number of allylic oxidation sites excluding steroid dienone is 1. The highest BCUT2D eigenvalue weighted by atomic mass is 19.2. The molecule has 0 N–H and O–H groups in total. The number of anilines is 1. The molecule has 0 heterocycles. The minimum absolute atomic E-state index is 0.156. The largest absolute Gasteiger partial charge is 0.370 e. The molecule has 24 heavy (non-hydrogen) atoms. The highest BCUT2D eigenvalue weighted by Crippen LogP contribution is 2.23. The van der Waals surface area contributed by atoms with Crippen molar-refractivity contribution in [1.82, 2.24) is 0 Å². The summed E-state index contributed by atoms with van der Waals surface area (Å²) in [6.07, 6.45) is 4.54. The first-order chi connectivity index (χ1) is 11.6. The minimum atomic E-state index is -1.00. The van der Waals surface area contributed by atoms with Gasteiger partial charge in [0.25, 0.3) is 0 Å². The maximum atomic E-state index is 13.3. The molecule has 2 aromatic carbocycles. The van der Waals surface area contributed by atoms with Crippen LogP contribution in [0.3, 0.4) is 0 Å². The van der Waals surface area contributed by atoms with Gasteiger partial charge < -0.3 is 4.90 Å². The van der Waals surface area contributed by atoms with E-state index < -0.39 is 11.6 Å². The Labute approximate surface area is 140 Å². The van der Waals surface area contributed by atoms with Crippen molar-refractivity contribution in [3.8, 4) is 0 Å². The summed E-state index contributed by atoms with van der Waals surface area (Å²) in [6.45, 7) is 2.60. The van der Waals surface area contributed by atoms with Gasteiger partial charge in [-0.05, 0) is 25.1 Å². The molecule has 0 aliphatic heterocycles. The van der Waals surface area contributed by atoms with Gasteiger partial charge in [0.05, 0.1) is 5.69 Å². The topological polar surface area (TPSA) is 32.7 Å². The van der Waals surface area contributed by atoms with Gasteiger partial charge in [-0.3, -0.25) is 4.79 Å². The Hall–Kier alpha value is -2.82. The van der Waals surface area contributed by atoms with E-state index in [9.17, 15) is 13.6 Å². The van der Waals surface area contributed by atoms with Crippen LogP contribution in [0, 0.1) is 11.6 Å². The quantitative estimate of drug-likeness (QED) is 0.450. The Morgan fingerprint density at radius 3 is 2.58 bits per heavy atom. The zero-order chi connectivity index (χ0) is 17.5. The lowest BCUT2D eigenvalue weighted by molar-refractivity contribution is -0.102. The molecule has 0 radical (unpaired) electrons. The van der Waals surface area contributed by atoms with Crippen molar-refractivity contribution in [3.63, 3.8) is 0 Å². The Kier molecular flexibility index (Phi) is 5.95. The van der Waals surface area contributed by atoms with Crippen LogP contribution in [-0.2, 0) is 4.79 Å². The van der Waals surface area contributed by atoms with Crippen LogP contribution in [0.4, 0.5) is 20.2 Å². The van der Waals surface area contributed by atoms with Crippen molar-refractivity contribution in [2.75, 3.05) is 18.5 Å². The first-order valence-corrected chi connectivity index (χ1v) is 7.47. The summed E-state index contributed by atoms with van der Waals surface area (Å²) in [7, 11) is 1.90. The molecule has 124 valence electrons. The highest BCUT2D eigenvalue weighted by molar-refractivity contribution is 6.38. The fourth-order valence-electron chi connectivity index (χ4n) is 2.23. The molecule has 5 heteroatoms. The standard InChI is InChI=1S/C19H18F2N2O/c1-3-4-11-23(2)19-8-6-5-7-15(19)18(13-24)22-14-9-10-16(20)17(21)12-14/h3-10,12-13H,11H2,1-2H3/b4-3-,22-18?. The monoisotopic (exact) mass is 328 g/mol. The molecule has 0 fully saturated rings.